The van der Waals surface area contributed by atoms with Gasteiger partial charge >= 0.3 is 6.09 Å². The summed E-state index contributed by atoms with van der Waals surface area (Å²) >= 11 is 3.46. The van der Waals surface area contributed by atoms with E-state index in [0.717, 1.165) is 67.9 Å². The Hall–Kier alpha value is -6.30. The minimum absolute atomic E-state index is 0.182. The van der Waals surface area contributed by atoms with E-state index >= 15 is 0 Å². The maximum absolute atomic E-state index is 12.5. The molecule has 318 valence electrons. The molecule has 0 aliphatic carbocycles. The number of carbonyl (C=O) groups excluding carboxylic acids is 1. The summed E-state index contributed by atoms with van der Waals surface area (Å²) in [6.07, 6.45) is 11.0. The third-order valence-electron chi connectivity index (χ3n) is 11.4. The molecule has 0 spiro atoms. The number of piperazine rings is 2. The average Bonchev–Trinajstić information content (AvgIpc) is 3.86. The van der Waals surface area contributed by atoms with Crippen LogP contribution in [0.3, 0.4) is 0 Å². The maximum atomic E-state index is 12.5. The molecular formula is C48H52BrN11O2. The van der Waals surface area contributed by atoms with Crippen LogP contribution in [0.5, 0.6) is 0 Å². The molecule has 1 N–H and O–H groups in total. The lowest BCUT2D eigenvalue weighted by Gasteiger charge is -2.45. The number of carbonyl (C=O) groups is 1. The monoisotopic (exact) mass is 893 g/mol. The van der Waals surface area contributed by atoms with Crippen molar-refractivity contribution in [3.63, 3.8) is 0 Å². The second kappa shape index (κ2) is 17.6. The molecule has 7 aromatic rings. The van der Waals surface area contributed by atoms with Gasteiger partial charge in [-0.25, -0.2) is 23.8 Å². The zero-order chi connectivity index (χ0) is 43.7. The molecule has 1 amide bonds. The van der Waals surface area contributed by atoms with E-state index in [1.807, 2.05) is 68.7 Å². The van der Waals surface area contributed by atoms with Crippen molar-refractivity contribution in [2.45, 2.75) is 78.2 Å². The first kappa shape index (κ1) is 42.4. The number of rotatable bonds is 5. The third kappa shape index (κ3) is 9.00. The topological polar surface area (TPSA) is 132 Å². The minimum Gasteiger partial charge on any atom is -0.444 e. The van der Waals surface area contributed by atoms with Gasteiger partial charge in [-0.3, -0.25) is 0 Å². The van der Waals surface area contributed by atoms with Crippen LogP contribution in [-0.4, -0.2) is 96.1 Å². The number of aromatic nitrogens is 6. The number of nitrogens with zero attached hydrogens (tertiary/aromatic N) is 10. The Morgan fingerprint density at radius 3 is 1.81 bits per heavy atom. The minimum atomic E-state index is -0.485. The SMILES string of the molecule is C[C@@H]1CN(C(=O)OC(C)(C)C)C[C@H](C)N1c1ccc(-c2cnc3c(Br)cnn3c2)cc1.C[C@@H]1CNC[C@H](C)N1c1ccc(-c2cnc3c(-c4cccc(C#N)c4)cnn3c2)cc1. The number of benzene rings is 3. The number of ether oxygens (including phenoxy) is 1. The van der Waals surface area contributed by atoms with Gasteiger partial charge in [-0.05, 0) is 117 Å². The van der Waals surface area contributed by atoms with E-state index < -0.39 is 5.60 Å². The van der Waals surface area contributed by atoms with Crippen LogP contribution in [0.2, 0.25) is 0 Å². The molecule has 62 heavy (non-hydrogen) atoms. The van der Waals surface area contributed by atoms with Gasteiger partial charge in [0.05, 0.1) is 28.5 Å². The molecule has 0 saturated carbocycles. The van der Waals surface area contributed by atoms with Crippen LogP contribution in [0, 0.1) is 11.3 Å². The zero-order valence-electron chi connectivity index (χ0n) is 36.2. The second-order valence-electron chi connectivity index (χ2n) is 17.3. The highest BCUT2D eigenvalue weighted by molar-refractivity contribution is 9.10. The van der Waals surface area contributed by atoms with Crippen molar-refractivity contribution in [3.8, 4) is 39.4 Å². The smallest absolute Gasteiger partial charge is 0.410 e. The third-order valence-corrected chi connectivity index (χ3v) is 11.9. The number of nitriles is 1. The number of nitrogens with one attached hydrogen (secondary N) is 1. The molecule has 4 aromatic heterocycles. The van der Waals surface area contributed by atoms with Gasteiger partial charge in [0.25, 0.3) is 0 Å². The van der Waals surface area contributed by atoms with Crippen LogP contribution in [0.15, 0.2) is 114 Å². The van der Waals surface area contributed by atoms with Crippen LogP contribution in [-0.2, 0) is 4.74 Å². The van der Waals surface area contributed by atoms with E-state index in [2.05, 4.69) is 134 Å². The van der Waals surface area contributed by atoms with Crippen molar-refractivity contribution in [2.75, 3.05) is 36.0 Å². The molecule has 3 aromatic carbocycles. The number of hydrogen-bond acceptors (Lipinski definition) is 10. The molecular weight excluding hydrogens is 843 g/mol. The normalized spacial score (nSPS) is 19.2. The highest BCUT2D eigenvalue weighted by Crippen LogP contribution is 2.31. The number of anilines is 2. The van der Waals surface area contributed by atoms with Gasteiger partial charge in [0, 0.05) is 103 Å². The van der Waals surface area contributed by atoms with Crippen molar-refractivity contribution >= 4 is 44.7 Å². The maximum Gasteiger partial charge on any atom is 0.410 e. The fourth-order valence-electron chi connectivity index (χ4n) is 8.58. The summed E-state index contributed by atoms with van der Waals surface area (Å²) in [6.45, 7) is 17.8. The molecule has 9 rings (SSSR count). The summed E-state index contributed by atoms with van der Waals surface area (Å²) in [5.41, 5.74) is 10.2. The van der Waals surface area contributed by atoms with Crippen molar-refractivity contribution in [1.82, 2.24) is 39.4 Å². The van der Waals surface area contributed by atoms with Gasteiger partial charge in [-0.2, -0.15) is 15.5 Å². The lowest BCUT2D eigenvalue weighted by molar-refractivity contribution is 0.0193. The molecule has 0 bridgehead atoms. The number of fused-ring (bicyclic) bond motifs is 2. The van der Waals surface area contributed by atoms with Gasteiger partial charge < -0.3 is 24.8 Å². The first-order valence-corrected chi connectivity index (χ1v) is 21.8. The molecule has 2 aliphatic rings. The molecule has 0 radical (unpaired) electrons. The summed E-state index contributed by atoms with van der Waals surface area (Å²) in [5.74, 6) is 0. The Kier molecular flexibility index (Phi) is 12.0. The van der Waals surface area contributed by atoms with E-state index in [1.54, 1.807) is 27.5 Å². The van der Waals surface area contributed by atoms with Crippen LogP contribution >= 0.6 is 15.9 Å². The fourth-order valence-corrected chi connectivity index (χ4v) is 8.95. The van der Waals surface area contributed by atoms with Crippen LogP contribution in [0.25, 0.3) is 44.7 Å². The first-order chi connectivity index (χ1) is 29.8. The largest absolute Gasteiger partial charge is 0.444 e. The number of hydrogen-bond donors (Lipinski definition) is 1. The van der Waals surface area contributed by atoms with Gasteiger partial charge in [0.1, 0.15) is 5.60 Å². The second-order valence-corrected chi connectivity index (χ2v) is 18.2. The molecule has 13 nitrogen and oxygen atoms in total. The highest BCUT2D eigenvalue weighted by atomic mass is 79.9. The molecule has 2 aliphatic heterocycles. The fraction of sp³-hybridized carbons (Fsp3) is 0.333. The van der Waals surface area contributed by atoms with Gasteiger partial charge in [0.15, 0.2) is 11.3 Å². The predicted octanol–water partition coefficient (Wildman–Crippen LogP) is 9.11. The lowest BCUT2D eigenvalue weighted by atomic mass is 10.0. The van der Waals surface area contributed by atoms with E-state index in [1.165, 1.54) is 5.69 Å². The van der Waals surface area contributed by atoms with Gasteiger partial charge in [-0.15, -0.1) is 0 Å². The van der Waals surface area contributed by atoms with Crippen LogP contribution in [0.1, 0.15) is 54.0 Å². The summed E-state index contributed by atoms with van der Waals surface area (Å²) in [5, 5.41) is 21.5. The number of amides is 1. The Morgan fingerprint density at radius 1 is 0.710 bits per heavy atom. The Morgan fingerprint density at radius 2 is 1.24 bits per heavy atom. The van der Waals surface area contributed by atoms with Crippen molar-refractivity contribution in [3.05, 3.63) is 120 Å². The van der Waals surface area contributed by atoms with Gasteiger partial charge in [0.2, 0.25) is 0 Å². The molecule has 14 heteroatoms. The molecule has 6 heterocycles. The van der Waals surface area contributed by atoms with Crippen molar-refractivity contribution in [2.24, 2.45) is 0 Å². The highest BCUT2D eigenvalue weighted by Gasteiger charge is 2.34. The molecule has 2 saturated heterocycles. The van der Waals surface area contributed by atoms with Crippen LogP contribution in [0.4, 0.5) is 16.2 Å². The Labute approximate surface area is 371 Å². The quantitative estimate of drug-likeness (QED) is 0.179. The summed E-state index contributed by atoms with van der Waals surface area (Å²) in [7, 11) is 0. The summed E-state index contributed by atoms with van der Waals surface area (Å²) in [4.78, 5) is 28.4. The van der Waals surface area contributed by atoms with Crippen LogP contribution < -0.4 is 15.1 Å². The van der Waals surface area contributed by atoms with Crippen molar-refractivity contribution < 1.29 is 9.53 Å². The Balaban J connectivity index is 0.000000171. The van der Waals surface area contributed by atoms with E-state index in [-0.39, 0.29) is 18.2 Å². The summed E-state index contributed by atoms with van der Waals surface area (Å²) in [6, 6.07) is 28.2. The molecule has 0 unspecified atom stereocenters. The number of halogens is 1. The van der Waals surface area contributed by atoms with Gasteiger partial charge in [-0.1, -0.05) is 36.4 Å². The lowest BCUT2D eigenvalue weighted by Crippen LogP contribution is -2.58. The standard InChI is InChI=1S/C25H24N6.C23H28BrN5O2/c1-17-12-27-13-18(2)31(17)23-8-6-20(7-9-23)22-14-28-25-24(15-29-30(25)16-22)21-5-3-4-19(10-21)11-26;1-15-12-27(22(30)31-23(3,4)5)13-16(2)29(15)19-8-6-17(7-9-19)18-10-25-21-20(24)11-26-28(21)14-18/h3-10,14-18,27H,12-13H2,1-2H3;6-11,14-16H,12-13H2,1-5H3/t17-,18+;15-,16+. The summed E-state index contributed by atoms with van der Waals surface area (Å²) < 4.78 is 10.0. The predicted molar refractivity (Wildman–Crippen MR) is 248 cm³/mol. The van der Waals surface area contributed by atoms with E-state index in [0.29, 0.717) is 30.7 Å². The molecule has 4 atom stereocenters. The zero-order valence-corrected chi connectivity index (χ0v) is 37.8. The van der Waals surface area contributed by atoms with E-state index in [4.69, 9.17) is 4.74 Å². The first-order valence-electron chi connectivity index (χ1n) is 21.1. The van der Waals surface area contributed by atoms with Crippen molar-refractivity contribution in [1.29, 1.82) is 5.26 Å². The van der Waals surface area contributed by atoms with E-state index in [9.17, 15) is 10.1 Å². The Bertz CT molecular complexity index is 2710. The average molecular weight is 895 g/mol. The molecule has 2 fully saturated rings.